The molecule has 0 aromatic heterocycles. The van der Waals surface area contributed by atoms with Crippen LogP contribution in [-0.4, -0.2) is 39.1 Å². The van der Waals surface area contributed by atoms with Gasteiger partial charge in [0.2, 0.25) is 0 Å². The number of aliphatic hydroxyl groups is 1. The topological polar surface area (TPSA) is 94.8 Å². The van der Waals surface area contributed by atoms with Crippen LogP contribution in [0.15, 0.2) is 24.3 Å². The van der Waals surface area contributed by atoms with Crippen LogP contribution in [0.4, 0.5) is 0 Å². The Kier molecular flexibility index (Phi) is 14.3. The fourth-order valence-electron chi connectivity index (χ4n) is 3.47. The van der Waals surface area contributed by atoms with E-state index in [1.807, 2.05) is 12.1 Å². The van der Waals surface area contributed by atoms with Crippen LogP contribution >= 0.6 is 11.8 Å². The number of hydrogen-bond donors (Lipinski definition) is 3. The molecule has 0 bridgehead atoms. The summed E-state index contributed by atoms with van der Waals surface area (Å²) in [5, 5.41) is 28.2. The average Bonchev–Trinajstić information content (AvgIpc) is 2.71. The van der Waals surface area contributed by atoms with Gasteiger partial charge in [-0.3, -0.25) is 9.59 Å². The summed E-state index contributed by atoms with van der Waals surface area (Å²) in [6, 6.07) is 8.32. The number of carboxylic acids is 2. The highest BCUT2D eigenvalue weighted by molar-refractivity contribution is 7.99. The summed E-state index contributed by atoms with van der Waals surface area (Å²) in [6.07, 6.45) is 9.91. The van der Waals surface area contributed by atoms with E-state index in [2.05, 4.69) is 19.1 Å². The third kappa shape index (κ3) is 12.2. The average molecular weight is 439 g/mol. The number of hydrogen-bond acceptors (Lipinski definition) is 4. The maximum Gasteiger partial charge on any atom is 0.304 e. The van der Waals surface area contributed by atoms with Gasteiger partial charge in [-0.2, -0.15) is 11.8 Å². The van der Waals surface area contributed by atoms with Crippen LogP contribution in [0.5, 0.6) is 0 Å². The Labute approximate surface area is 185 Å². The lowest BCUT2D eigenvalue weighted by atomic mass is 9.99. The van der Waals surface area contributed by atoms with Gasteiger partial charge in [-0.1, -0.05) is 69.7 Å². The first-order valence-corrected chi connectivity index (χ1v) is 12.3. The Morgan fingerprint density at radius 2 is 1.50 bits per heavy atom. The molecule has 0 saturated carbocycles. The molecule has 2 atom stereocenters. The lowest BCUT2D eigenvalue weighted by Gasteiger charge is -2.23. The minimum atomic E-state index is -0.841. The van der Waals surface area contributed by atoms with Crippen molar-refractivity contribution in [3.8, 4) is 0 Å². The van der Waals surface area contributed by atoms with Crippen LogP contribution in [0.2, 0.25) is 0 Å². The number of carboxylic acid groups (broad SMARTS) is 2. The lowest BCUT2D eigenvalue weighted by Crippen LogP contribution is -2.17. The molecule has 1 rings (SSSR count). The molecule has 0 heterocycles. The Bertz CT molecular complexity index is 602. The standard InChI is InChI=1S/C24H38O5S/c1-2-3-4-5-6-7-10-19-13-15-20(16-14-19)24(30-18-17-23(28)29)21(25)11-8-9-12-22(26)27/h13-16,21,24-25H,2-12,17-18H2,1H3,(H,26,27)(H,28,29)/t21-,24+/m1/s1. The minimum Gasteiger partial charge on any atom is -0.481 e. The number of aliphatic carboxylic acids is 2. The Morgan fingerprint density at radius 3 is 2.13 bits per heavy atom. The number of aliphatic hydroxyl groups excluding tert-OH is 1. The first kappa shape index (κ1) is 26.5. The first-order valence-electron chi connectivity index (χ1n) is 11.3. The third-order valence-corrected chi connectivity index (χ3v) is 6.62. The second-order valence-electron chi connectivity index (χ2n) is 7.90. The molecule has 5 nitrogen and oxygen atoms in total. The van der Waals surface area contributed by atoms with Gasteiger partial charge in [0.15, 0.2) is 0 Å². The second-order valence-corrected chi connectivity index (χ2v) is 9.15. The number of rotatable bonds is 18. The molecule has 0 aliphatic heterocycles. The van der Waals surface area contributed by atoms with Crippen molar-refractivity contribution >= 4 is 23.7 Å². The molecule has 0 spiro atoms. The van der Waals surface area contributed by atoms with Crippen LogP contribution in [-0.2, 0) is 16.0 Å². The first-order chi connectivity index (χ1) is 14.4. The van der Waals surface area contributed by atoms with E-state index >= 15 is 0 Å². The smallest absolute Gasteiger partial charge is 0.304 e. The molecule has 0 unspecified atom stereocenters. The maximum absolute atomic E-state index is 10.9. The van der Waals surface area contributed by atoms with Gasteiger partial charge in [-0.05, 0) is 36.8 Å². The fraction of sp³-hybridized carbons (Fsp3) is 0.667. The van der Waals surface area contributed by atoms with Crippen LogP contribution in [0.3, 0.4) is 0 Å². The van der Waals surface area contributed by atoms with E-state index in [1.54, 1.807) is 0 Å². The molecule has 0 amide bonds. The molecule has 170 valence electrons. The maximum atomic E-state index is 10.9. The van der Waals surface area contributed by atoms with Gasteiger partial charge in [0.1, 0.15) is 0 Å². The van der Waals surface area contributed by atoms with Crippen molar-refractivity contribution in [2.24, 2.45) is 0 Å². The Morgan fingerprint density at radius 1 is 0.867 bits per heavy atom. The molecular weight excluding hydrogens is 400 g/mol. The summed E-state index contributed by atoms with van der Waals surface area (Å²) in [5.41, 5.74) is 2.29. The summed E-state index contributed by atoms with van der Waals surface area (Å²) in [5.74, 6) is -1.23. The number of aryl methyl sites for hydroxylation is 1. The molecular formula is C24H38O5S. The Balaban J connectivity index is 2.59. The van der Waals surface area contributed by atoms with Crippen molar-refractivity contribution in [1.82, 2.24) is 0 Å². The molecule has 0 saturated heterocycles. The number of carbonyl (C=O) groups is 2. The molecule has 30 heavy (non-hydrogen) atoms. The van der Waals surface area contributed by atoms with E-state index in [1.165, 1.54) is 55.9 Å². The highest BCUT2D eigenvalue weighted by Gasteiger charge is 2.22. The van der Waals surface area contributed by atoms with E-state index < -0.39 is 18.0 Å². The zero-order valence-corrected chi connectivity index (χ0v) is 19.0. The second kappa shape index (κ2) is 16.2. The summed E-state index contributed by atoms with van der Waals surface area (Å²) in [6.45, 7) is 2.22. The lowest BCUT2D eigenvalue weighted by molar-refractivity contribution is -0.137. The van der Waals surface area contributed by atoms with Gasteiger partial charge in [0.25, 0.3) is 0 Å². The van der Waals surface area contributed by atoms with Gasteiger partial charge >= 0.3 is 11.9 Å². The molecule has 0 aliphatic rings. The molecule has 1 aromatic rings. The van der Waals surface area contributed by atoms with Crippen molar-refractivity contribution < 1.29 is 24.9 Å². The van der Waals surface area contributed by atoms with Crippen LogP contribution in [0, 0.1) is 0 Å². The molecule has 0 aliphatic carbocycles. The van der Waals surface area contributed by atoms with Crippen LogP contribution in [0.25, 0.3) is 0 Å². The largest absolute Gasteiger partial charge is 0.481 e. The summed E-state index contributed by atoms with van der Waals surface area (Å²) >= 11 is 1.46. The van der Waals surface area contributed by atoms with E-state index in [0.717, 1.165) is 12.0 Å². The van der Waals surface area contributed by atoms with E-state index in [9.17, 15) is 14.7 Å². The SMILES string of the molecule is CCCCCCCCc1ccc([C@H](SCCC(=O)O)[C@H](O)CCCCC(=O)O)cc1. The highest BCUT2D eigenvalue weighted by atomic mass is 32.2. The van der Waals surface area contributed by atoms with Crippen LogP contribution < -0.4 is 0 Å². The normalized spacial score (nSPS) is 13.1. The van der Waals surface area contributed by atoms with Gasteiger partial charge in [-0.15, -0.1) is 0 Å². The summed E-state index contributed by atoms with van der Waals surface area (Å²) in [7, 11) is 0. The van der Waals surface area contributed by atoms with Crippen molar-refractivity contribution in [1.29, 1.82) is 0 Å². The molecule has 3 N–H and O–H groups in total. The van der Waals surface area contributed by atoms with E-state index in [0.29, 0.717) is 25.0 Å². The minimum absolute atomic E-state index is 0.0585. The highest BCUT2D eigenvalue weighted by Crippen LogP contribution is 2.35. The molecule has 1 aromatic carbocycles. The Hall–Kier alpha value is -1.53. The summed E-state index contributed by atoms with van der Waals surface area (Å²) < 4.78 is 0. The quantitative estimate of drug-likeness (QED) is 0.249. The van der Waals surface area contributed by atoms with E-state index in [4.69, 9.17) is 10.2 Å². The van der Waals surface area contributed by atoms with Crippen molar-refractivity contribution in [2.45, 2.75) is 95.3 Å². The van der Waals surface area contributed by atoms with Crippen molar-refractivity contribution in [3.63, 3.8) is 0 Å². The monoisotopic (exact) mass is 438 g/mol. The molecule has 0 fully saturated rings. The van der Waals surface area contributed by atoms with Crippen LogP contribution in [0.1, 0.15) is 93.9 Å². The third-order valence-electron chi connectivity index (χ3n) is 5.23. The van der Waals surface area contributed by atoms with Gasteiger partial charge in [0.05, 0.1) is 17.8 Å². The molecule has 0 radical (unpaired) electrons. The zero-order chi connectivity index (χ0) is 22.2. The number of benzene rings is 1. The fourth-order valence-corrected chi connectivity index (χ4v) is 4.72. The number of unbranched alkanes of at least 4 members (excludes halogenated alkanes) is 6. The van der Waals surface area contributed by atoms with Gasteiger partial charge in [0, 0.05) is 12.2 Å². The van der Waals surface area contributed by atoms with Gasteiger partial charge < -0.3 is 15.3 Å². The van der Waals surface area contributed by atoms with Gasteiger partial charge in [-0.25, -0.2) is 0 Å². The molecule has 6 heteroatoms. The predicted molar refractivity (Wildman–Crippen MR) is 123 cm³/mol. The van der Waals surface area contributed by atoms with Crippen molar-refractivity contribution in [2.75, 3.05) is 5.75 Å². The van der Waals surface area contributed by atoms with E-state index in [-0.39, 0.29) is 18.1 Å². The summed E-state index contributed by atoms with van der Waals surface area (Å²) in [4.78, 5) is 21.5. The zero-order valence-electron chi connectivity index (χ0n) is 18.2. The predicted octanol–water partition coefficient (Wildman–Crippen LogP) is 5.84. The van der Waals surface area contributed by atoms with Crippen molar-refractivity contribution in [3.05, 3.63) is 35.4 Å². The number of thioether (sulfide) groups is 1.